The number of nitrogens with one attached hydrogen (secondary N) is 1. The van der Waals surface area contributed by atoms with Gasteiger partial charge in [0.05, 0.1) is 27.4 Å². The van der Waals surface area contributed by atoms with Crippen LogP contribution in [0.1, 0.15) is 35.2 Å². The summed E-state index contributed by atoms with van der Waals surface area (Å²) in [4.78, 5) is 2.22. The summed E-state index contributed by atoms with van der Waals surface area (Å²) >= 11 is 5.99. The molecule has 1 aliphatic heterocycles. The van der Waals surface area contributed by atoms with E-state index in [0.717, 1.165) is 47.9 Å². The van der Waals surface area contributed by atoms with Gasteiger partial charge >= 0.3 is 0 Å². The van der Waals surface area contributed by atoms with E-state index in [1.807, 2.05) is 24.3 Å². The number of fused-ring (bicyclic) bond motifs is 1. The number of ether oxygens (including phenoxy) is 4. The summed E-state index contributed by atoms with van der Waals surface area (Å²) in [5, 5.41) is 4.24. The normalized spacial score (nSPS) is 14.6. The largest absolute Gasteiger partial charge is 0.497 e. The molecule has 0 aliphatic carbocycles. The maximum absolute atomic E-state index is 6.27. The first kappa shape index (κ1) is 25.6. The molecule has 0 fully saturated rings. The predicted octanol–water partition coefficient (Wildman–Crippen LogP) is 5.96. The zero-order chi connectivity index (χ0) is 25.7. The second-order valence-corrected chi connectivity index (χ2v) is 9.13. The van der Waals surface area contributed by atoms with Gasteiger partial charge in [-0.25, -0.2) is 0 Å². The Morgan fingerprint density at radius 1 is 0.972 bits per heavy atom. The van der Waals surface area contributed by atoms with Crippen molar-refractivity contribution in [3.05, 3.63) is 76.9 Å². The van der Waals surface area contributed by atoms with Gasteiger partial charge in [-0.15, -0.1) is 0 Å². The lowest BCUT2D eigenvalue weighted by Crippen LogP contribution is -2.44. The number of nitrogens with zero attached hydrogens (tertiary/aromatic N) is 1. The molecule has 0 bridgehead atoms. The minimum atomic E-state index is -0.107. The average molecular weight is 507 g/mol. The first-order valence-electron chi connectivity index (χ1n) is 12.2. The highest BCUT2D eigenvalue weighted by molar-refractivity contribution is 7.80. The minimum Gasteiger partial charge on any atom is -0.497 e. The van der Waals surface area contributed by atoms with E-state index in [1.165, 1.54) is 16.7 Å². The van der Waals surface area contributed by atoms with Crippen LogP contribution in [0.25, 0.3) is 0 Å². The molecule has 1 heterocycles. The van der Waals surface area contributed by atoms with Crippen LogP contribution in [0.4, 0.5) is 5.69 Å². The van der Waals surface area contributed by atoms with E-state index in [0.29, 0.717) is 17.5 Å². The highest BCUT2D eigenvalue weighted by Gasteiger charge is 2.32. The standard InChI is InChI=1S/C29H34N2O4S/c1-6-20-9-7-8-19(2)28(20)30-29(36)31-15-14-21-16-26(33-4)27(34-5)17-24(21)25(31)18-35-23-12-10-22(32-3)11-13-23/h7-13,16-17,25H,6,14-15,18H2,1-5H3,(H,30,36)/t25-/m0/s1. The topological polar surface area (TPSA) is 52.2 Å². The van der Waals surface area contributed by atoms with E-state index < -0.39 is 0 Å². The van der Waals surface area contributed by atoms with E-state index in [-0.39, 0.29) is 6.04 Å². The van der Waals surface area contributed by atoms with Crippen LogP contribution in [0.3, 0.4) is 0 Å². The summed E-state index contributed by atoms with van der Waals surface area (Å²) in [6.07, 6.45) is 1.77. The van der Waals surface area contributed by atoms with Crippen LogP contribution in [-0.2, 0) is 12.8 Å². The van der Waals surface area contributed by atoms with E-state index >= 15 is 0 Å². The van der Waals surface area contributed by atoms with Gasteiger partial charge in [-0.05, 0) is 90.6 Å². The third kappa shape index (κ3) is 5.36. The number of para-hydroxylation sites is 1. The summed E-state index contributed by atoms with van der Waals surface area (Å²) in [6.45, 7) is 5.45. The molecule has 3 aromatic rings. The van der Waals surface area contributed by atoms with Crippen molar-refractivity contribution >= 4 is 23.0 Å². The van der Waals surface area contributed by atoms with E-state index in [1.54, 1.807) is 21.3 Å². The number of benzene rings is 3. The van der Waals surface area contributed by atoms with Gasteiger partial charge in [-0.1, -0.05) is 25.1 Å². The Morgan fingerprint density at radius 2 is 1.67 bits per heavy atom. The molecule has 0 unspecified atom stereocenters. The van der Waals surface area contributed by atoms with Crippen LogP contribution in [0, 0.1) is 6.92 Å². The van der Waals surface area contributed by atoms with E-state index in [4.69, 9.17) is 31.2 Å². The Labute approximate surface area is 219 Å². The Morgan fingerprint density at radius 3 is 2.33 bits per heavy atom. The van der Waals surface area contributed by atoms with Gasteiger partial charge in [0.1, 0.15) is 18.1 Å². The highest BCUT2D eigenvalue weighted by atomic mass is 32.1. The number of rotatable bonds is 8. The molecule has 7 heteroatoms. The molecular weight excluding hydrogens is 472 g/mol. The molecule has 4 rings (SSSR count). The summed E-state index contributed by atoms with van der Waals surface area (Å²) < 4.78 is 22.7. The fraction of sp³-hybridized carbons (Fsp3) is 0.345. The van der Waals surface area contributed by atoms with E-state index in [2.05, 4.69) is 54.4 Å². The molecule has 190 valence electrons. The number of hydrogen-bond acceptors (Lipinski definition) is 5. The van der Waals surface area contributed by atoms with Crippen LogP contribution in [0.2, 0.25) is 0 Å². The monoisotopic (exact) mass is 506 g/mol. The first-order valence-corrected chi connectivity index (χ1v) is 12.6. The van der Waals surface area contributed by atoms with Crippen molar-refractivity contribution in [3.63, 3.8) is 0 Å². The van der Waals surface area contributed by atoms with Crippen molar-refractivity contribution in [1.29, 1.82) is 0 Å². The number of hydrogen-bond donors (Lipinski definition) is 1. The Hall–Kier alpha value is -3.45. The molecule has 0 radical (unpaired) electrons. The molecule has 3 aromatic carbocycles. The lowest BCUT2D eigenvalue weighted by Gasteiger charge is -2.39. The number of thiocarbonyl (C=S) groups is 1. The third-order valence-corrected chi connectivity index (χ3v) is 7.04. The zero-order valence-corrected chi connectivity index (χ0v) is 22.4. The quantitative estimate of drug-likeness (QED) is 0.379. The molecule has 0 saturated carbocycles. The highest BCUT2D eigenvalue weighted by Crippen LogP contribution is 2.39. The maximum Gasteiger partial charge on any atom is 0.174 e. The second kappa shape index (κ2) is 11.5. The zero-order valence-electron chi connectivity index (χ0n) is 21.6. The molecule has 0 spiro atoms. The fourth-order valence-corrected chi connectivity index (χ4v) is 5.00. The molecular formula is C29H34N2O4S. The molecule has 1 N–H and O–H groups in total. The van der Waals surface area contributed by atoms with Gasteiger partial charge in [0.15, 0.2) is 16.6 Å². The van der Waals surface area contributed by atoms with Crippen LogP contribution < -0.4 is 24.3 Å². The molecule has 0 saturated heterocycles. The Kier molecular flexibility index (Phi) is 8.21. The van der Waals surface area contributed by atoms with Gasteiger partial charge in [0.25, 0.3) is 0 Å². The summed E-state index contributed by atoms with van der Waals surface area (Å²) in [7, 11) is 4.97. The molecule has 36 heavy (non-hydrogen) atoms. The lowest BCUT2D eigenvalue weighted by molar-refractivity contribution is 0.190. The van der Waals surface area contributed by atoms with E-state index in [9.17, 15) is 0 Å². The molecule has 1 aliphatic rings. The van der Waals surface area contributed by atoms with Gasteiger partial charge in [-0.2, -0.15) is 0 Å². The number of anilines is 1. The van der Waals surface area contributed by atoms with Crippen LogP contribution in [-0.4, -0.2) is 44.5 Å². The lowest BCUT2D eigenvalue weighted by atomic mass is 9.92. The first-order chi connectivity index (χ1) is 17.5. The van der Waals surface area contributed by atoms with Gasteiger partial charge in [0, 0.05) is 12.2 Å². The van der Waals surface area contributed by atoms with Crippen molar-refractivity contribution < 1.29 is 18.9 Å². The smallest absolute Gasteiger partial charge is 0.174 e. The minimum absolute atomic E-state index is 0.107. The number of methoxy groups -OCH3 is 3. The molecule has 0 aromatic heterocycles. The molecule has 6 nitrogen and oxygen atoms in total. The van der Waals surface area contributed by atoms with Crippen LogP contribution in [0.15, 0.2) is 54.6 Å². The number of aryl methyl sites for hydroxylation is 2. The summed E-state index contributed by atoms with van der Waals surface area (Å²) in [6, 6.07) is 18.0. The SMILES string of the molecule is CCc1cccc(C)c1NC(=S)N1CCc2cc(OC)c(OC)cc2[C@@H]1COc1ccc(OC)cc1. The van der Waals surface area contributed by atoms with Crippen LogP contribution >= 0.6 is 12.2 Å². The third-order valence-electron chi connectivity index (χ3n) is 6.70. The van der Waals surface area contributed by atoms with Crippen molar-refractivity contribution in [2.75, 3.05) is 39.8 Å². The molecule has 1 atom stereocenters. The van der Waals surface area contributed by atoms with Crippen molar-refractivity contribution in [2.24, 2.45) is 0 Å². The maximum atomic E-state index is 6.27. The summed E-state index contributed by atoms with van der Waals surface area (Å²) in [5.74, 6) is 2.99. The van der Waals surface area contributed by atoms with Gasteiger partial charge in [-0.3, -0.25) is 0 Å². The summed E-state index contributed by atoms with van der Waals surface area (Å²) in [5.41, 5.74) is 5.83. The van der Waals surface area contributed by atoms with Gasteiger partial charge in [0.2, 0.25) is 0 Å². The van der Waals surface area contributed by atoms with Crippen molar-refractivity contribution in [2.45, 2.75) is 32.7 Å². The Bertz CT molecular complexity index is 1210. The molecule has 0 amide bonds. The fourth-order valence-electron chi connectivity index (χ4n) is 4.68. The van der Waals surface area contributed by atoms with Crippen LogP contribution in [0.5, 0.6) is 23.0 Å². The average Bonchev–Trinajstić information content (AvgIpc) is 2.91. The Balaban J connectivity index is 1.66. The predicted molar refractivity (Wildman–Crippen MR) is 148 cm³/mol. The second-order valence-electron chi connectivity index (χ2n) is 8.74. The van der Waals surface area contributed by atoms with Crippen molar-refractivity contribution in [1.82, 2.24) is 4.90 Å². The van der Waals surface area contributed by atoms with Crippen molar-refractivity contribution in [3.8, 4) is 23.0 Å². The van der Waals surface area contributed by atoms with Gasteiger partial charge < -0.3 is 29.2 Å².